The van der Waals surface area contributed by atoms with Gasteiger partial charge in [-0.05, 0) is 25.5 Å². The standard InChI is InChI=1S/C7H13N5O2/c1-7(2,3-4-13)8-6(14)5-9-11-12-10-5/h13H,3-4H2,1-2H3,(H,8,14)(H,9,10,11,12). The smallest absolute Gasteiger partial charge is 0.293 e. The minimum Gasteiger partial charge on any atom is -0.396 e. The monoisotopic (exact) mass is 199 g/mol. The molecule has 0 saturated heterocycles. The summed E-state index contributed by atoms with van der Waals surface area (Å²) in [5.74, 6) is -0.409. The Kier molecular flexibility index (Phi) is 3.13. The average Bonchev–Trinajstić information content (AvgIpc) is 2.53. The van der Waals surface area contributed by atoms with Gasteiger partial charge in [-0.2, -0.15) is 5.21 Å². The highest BCUT2D eigenvalue weighted by molar-refractivity contribution is 5.90. The van der Waals surface area contributed by atoms with Crippen molar-refractivity contribution in [2.45, 2.75) is 25.8 Å². The van der Waals surface area contributed by atoms with E-state index in [1.165, 1.54) is 0 Å². The van der Waals surface area contributed by atoms with E-state index in [1.54, 1.807) is 13.8 Å². The lowest BCUT2D eigenvalue weighted by Gasteiger charge is -2.24. The van der Waals surface area contributed by atoms with Crippen LogP contribution in [-0.2, 0) is 0 Å². The number of rotatable bonds is 4. The highest BCUT2D eigenvalue weighted by Gasteiger charge is 2.22. The second kappa shape index (κ2) is 4.14. The first-order valence-electron chi connectivity index (χ1n) is 4.22. The average molecular weight is 199 g/mol. The molecular formula is C7H13N5O2. The van der Waals surface area contributed by atoms with Crippen LogP contribution in [0.5, 0.6) is 0 Å². The Labute approximate surface area is 80.9 Å². The number of amides is 1. The van der Waals surface area contributed by atoms with Gasteiger partial charge in [0, 0.05) is 12.1 Å². The predicted molar refractivity (Wildman–Crippen MR) is 47.4 cm³/mol. The van der Waals surface area contributed by atoms with E-state index in [2.05, 4.69) is 25.9 Å². The normalized spacial score (nSPS) is 11.4. The zero-order chi connectivity index (χ0) is 10.6. The lowest BCUT2D eigenvalue weighted by Crippen LogP contribution is -2.44. The zero-order valence-corrected chi connectivity index (χ0v) is 8.11. The summed E-state index contributed by atoms with van der Waals surface area (Å²) in [7, 11) is 0. The zero-order valence-electron chi connectivity index (χ0n) is 8.11. The van der Waals surface area contributed by atoms with Gasteiger partial charge in [0.25, 0.3) is 11.7 Å². The maximum Gasteiger partial charge on any atom is 0.293 e. The summed E-state index contributed by atoms with van der Waals surface area (Å²) in [6.45, 7) is 3.63. The van der Waals surface area contributed by atoms with E-state index in [4.69, 9.17) is 5.11 Å². The second-order valence-corrected chi connectivity index (χ2v) is 3.55. The van der Waals surface area contributed by atoms with Crippen molar-refractivity contribution in [3.8, 4) is 0 Å². The molecule has 0 unspecified atom stereocenters. The van der Waals surface area contributed by atoms with Gasteiger partial charge in [0.1, 0.15) is 0 Å². The molecule has 1 amide bonds. The van der Waals surface area contributed by atoms with Crippen molar-refractivity contribution < 1.29 is 9.90 Å². The first kappa shape index (κ1) is 10.6. The Hall–Kier alpha value is -1.50. The number of carbonyl (C=O) groups excluding carboxylic acids is 1. The number of carbonyl (C=O) groups is 1. The molecule has 0 saturated carbocycles. The van der Waals surface area contributed by atoms with E-state index >= 15 is 0 Å². The van der Waals surface area contributed by atoms with Crippen LogP contribution < -0.4 is 5.32 Å². The van der Waals surface area contributed by atoms with Crippen LogP contribution in [0, 0.1) is 0 Å². The molecule has 0 spiro atoms. The van der Waals surface area contributed by atoms with Crippen LogP contribution in [-0.4, -0.2) is 43.8 Å². The third kappa shape index (κ3) is 2.77. The van der Waals surface area contributed by atoms with E-state index < -0.39 is 11.4 Å². The van der Waals surface area contributed by atoms with Crippen molar-refractivity contribution in [2.24, 2.45) is 0 Å². The predicted octanol–water partition coefficient (Wildman–Crippen LogP) is -0.909. The van der Waals surface area contributed by atoms with Gasteiger partial charge in [-0.3, -0.25) is 4.79 Å². The number of hydrogen-bond acceptors (Lipinski definition) is 5. The highest BCUT2D eigenvalue weighted by Crippen LogP contribution is 2.07. The topological polar surface area (TPSA) is 104 Å². The number of hydrogen-bond donors (Lipinski definition) is 3. The number of aromatic nitrogens is 4. The summed E-state index contributed by atoms with van der Waals surface area (Å²) in [4.78, 5) is 11.4. The molecule has 14 heavy (non-hydrogen) atoms. The molecule has 3 N–H and O–H groups in total. The molecule has 0 atom stereocenters. The lowest BCUT2D eigenvalue weighted by molar-refractivity contribution is 0.0889. The number of aromatic amines is 1. The molecule has 0 fully saturated rings. The quantitative estimate of drug-likeness (QED) is 0.582. The first-order valence-corrected chi connectivity index (χ1v) is 4.22. The van der Waals surface area contributed by atoms with E-state index in [0.29, 0.717) is 6.42 Å². The molecule has 1 aromatic heterocycles. The molecule has 0 aliphatic rings. The molecule has 1 heterocycles. The fourth-order valence-corrected chi connectivity index (χ4v) is 0.963. The Balaban J connectivity index is 2.57. The molecule has 1 aromatic rings. The Morgan fingerprint density at radius 1 is 1.64 bits per heavy atom. The SMILES string of the molecule is CC(C)(CCO)NC(=O)c1nn[nH]n1. The van der Waals surface area contributed by atoms with Crippen molar-refractivity contribution in [1.29, 1.82) is 0 Å². The number of nitrogens with one attached hydrogen (secondary N) is 2. The second-order valence-electron chi connectivity index (χ2n) is 3.55. The Bertz CT molecular complexity index is 295. The molecule has 7 nitrogen and oxygen atoms in total. The lowest BCUT2D eigenvalue weighted by atomic mass is 10.0. The molecule has 0 aliphatic carbocycles. The van der Waals surface area contributed by atoms with Crippen molar-refractivity contribution in [2.75, 3.05) is 6.61 Å². The summed E-state index contributed by atoms with van der Waals surface area (Å²) < 4.78 is 0. The van der Waals surface area contributed by atoms with Gasteiger partial charge in [-0.15, -0.1) is 10.2 Å². The number of tetrazole rings is 1. The fourth-order valence-electron chi connectivity index (χ4n) is 0.963. The number of H-pyrrole nitrogens is 1. The van der Waals surface area contributed by atoms with Gasteiger partial charge < -0.3 is 10.4 Å². The summed E-state index contributed by atoms with van der Waals surface area (Å²) in [6.07, 6.45) is 0.469. The summed E-state index contributed by atoms with van der Waals surface area (Å²) in [5, 5.41) is 24.0. The molecule has 78 valence electrons. The number of nitrogens with zero attached hydrogens (tertiary/aromatic N) is 3. The van der Waals surface area contributed by atoms with Gasteiger partial charge in [-0.25, -0.2) is 0 Å². The summed E-state index contributed by atoms with van der Waals surface area (Å²) >= 11 is 0. The minimum absolute atomic E-state index is 0.00369. The van der Waals surface area contributed by atoms with Crippen LogP contribution in [0.4, 0.5) is 0 Å². The Morgan fingerprint density at radius 3 is 2.86 bits per heavy atom. The summed E-state index contributed by atoms with van der Waals surface area (Å²) in [6, 6.07) is 0. The molecule has 0 aromatic carbocycles. The van der Waals surface area contributed by atoms with E-state index in [-0.39, 0.29) is 12.4 Å². The van der Waals surface area contributed by atoms with Crippen molar-refractivity contribution in [1.82, 2.24) is 25.9 Å². The van der Waals surface area contributed by atoms with E-state index in [9.17, 15) is 4.79 Å². The molecule has 0 radical (unpaired) electrons. The largest absolute Gasteiger partial charge is 0.396 e. The van der Waals surface area contributed by atoms with Gasteiger partial charge in [0.15, 0.2) is 0 Å². The van der Waals surface area contributed by atoms with Crippen molar-refractivity contribution in [3.05, 3.63) is 5.82 Å². The maximum absolute atomic E-state index is 11.4. The highest BCUT2D eigenvalue weighted by atomic mass is 16.3. The van der Waals surface area contributed by atoms with Crippen LogP contribution in [0.3, 0.4) is 0 Å². The van der Waals surface area contributed by atoms with Crippen molar-refractivity contribution >= 4 is 5.91 Å². The third-order valence-corrected chi connectivity index (χ3v) is 1.74. The van der Waals surface area contributed by atoms with Gasteiger partial charge in [0.05, 0.1) is 0 Å². The van der Waals surface area contributed by atoms with Crippen molar-refractivity contribution in [3.63, 3.8) is 0 Å². The molecule has 7 heteroatoms. The van der Waals surface area contributed by atoms with Gasteiger partial charge in [0.2, 0.25) is 0 Å². The first-order chi connectivity index (χ1) is 6.55. The molecular weight excluding hydrogens is 186 g/mol. The van der Waals surface area contributed by atoms with Gasteiger partial charge >= 0.3 is 0 Å². The van der Waals surface area contributed by atoms with Crippen LogP contribution in [0.2, 0.25) is 0 Å². The van der Waals surface area contributed by atoms with E-state index in [1.807, 2.05) is 0 Å². The van der Waals surface area contributed by atoms with Gasteiger partial charge in [-0.1, -0.05) is 0 Å². The minimum atomic E-state index is -0.480. The third-order valence-electron chi connectivity index (χ3n) is 1.74. The summed E-state index contributed by atoms with van der Waals surface area (Å²) in [5.41, 5.74) is -0.480. The van der Waals surface area contributed by atoms with E-state index in [0.717, 1.165) is 0 Å². The van der Waals surface area contributed by atoms with Crippen LogP contribution in [0.25, 0.3) is 0 Å². The Morgan fingerprint density at radius 2 is 2.36 bits per heavy atom. The number of aliphatic hydroxyl groups is 1. The van der Waals surface area contributed by atoms with Crippen LogP contribution in [0.1, 0.15) is 30.9 Å². The van der Waals surface area contributed by atoms with Crippen LogP contribution >= 0.6 is 0 Å². The maximum atomic E-state index is 11.4. The molecule has 0 bridgehead atoms. The number of aliphatic hydroxyl groups excluding tert-OH is 1. The molecule has 1 rings (SSSR count). The fraction of sp³-hybridized carbons (Fsp3) is 0.714. The molecule has 0 aliphatic heterocycles. The van der Waals surface area contributed by atoms with Crippen LogP contribution in [0.15, 0.2) is 0 Å².